The number of halogens is 2. The first-order valence-electron chi connectivity index (χ1n) is 13.0. The van der Waals surface area contributed by atoms with Crippen molar-refractivity contribution in [3.05, 3.63) is 66.3 Å². The molecule has 0 spiro atoms. The summed E-state index contributed by atoms with van der Waals surface area (Å²) in [7, 11) is 0. The van der Waals surface area contributed by atoms with Crippen molar-refractivity contribution < 1.29 is 13.5 Å². The van der Waals surface area contributed by atoms with E-state index in [1.165, 1.54) is 82.3 Å². The minimum absolute atomic E-state index is 0.0487. The molecule has 1 saturated carbocycles. The molecule has 3 rings (SSSR count). The van der Waals surface area contributed by atoms with Crippen molar-refractivity contribution in [2.24, 2.45) is 5.92 Å². The Morgan fingerprint density at radius 3 is 2.27 bits per heavy atom. The van der Waals surface area contributed by atoms with E-state index in [1.54, 1.807) is 12.1 Å². The lowest BCUT2D eigenvalue weighted by Gasteiger charge is -2.29. The Hall–Kier alpha value is -2.16. The van der Waals surface area contributed by atoms with Crippen LogP contribution in [0.25, 0.3) is 11.1 Å². The molecular formula is C30H40F2O. The van der Waals surface area contributed by atoms with Gasteiger partial charge in [-0.05, 0) is 67.2 Å². The highest BCUT2D eigenvalue weighted by Gasteiger charge is 2.22. The van der Waals surface area contributed by atoms with Crippen LogP contribution in [0.4, 0.5) is 8.78 Å². The quantitative estimate of drug-likeness (QED) is 0.216. The average molecular weight is 455 g/mol. The molecule has 2 aromatic rings. The van der Waals surface area contributed by atoms with Crippen molar-refractivity contribution >= 4 is 0 Å². The Bertz CT molecular complexity index is 850. The molecular weight excluding hydrogens is 414 g/mol. The van der Waals surface area contributed by atoms with Gasteiger partial charge in [-0.1, -0.05) is 82.2 Å². The second kappa shape index (κ2) is 13.5. The maximum Gasteiger partial charge on any atom is 0.201 e. The van der Waals surface area contributed by atoms with Gasteiger partial charge in [-0.15, -0.1) is 6.58 Å². The topological polar surface area (TPSA) is 9.23 Å². The summed E-state index contributed by atoms with van der Waals surface area (Å²) >= 11 is 0. The average Bonchev–Trinajstić information content (AvgIpc) is 2.85. The molecule has 0 aromatic heterocycles. The molecule has 0 saturated heterocycles. The van der Waals surface area contributed by atoms with Crippen LogP contribution in [0.1, 0.15) is 95.5 Å². The Kier molecular flexibility index (Phi) is 10.4. The largest absolute Gasteiger partial charge is 0.490 e. The minimum atomic E-state index is -0.927. The van der Waals surface area contributed by atoms with Crippen LogP contribution in [0.5, 0.6) is 5.75 Å². The van der Waals surface area contributed by atoms with Crippen LogP contribution in [0.2, 0.25) is 0 Å². The third kappa shape index (κ3) is 7.42. The van der Waals surface area contributed by atoms with Crippen molar-refractivity contribution in [1.29, 1.82) is 0 Å². The minimum Gasteiger partial charge on any atom is -0.490 e. The Morgan fingerprint density at radius 1 is 0.879 bits per heavy atom. The fraction of sp³-hybridized carbons (Fsp3) is 0.533. The molecule has 33 heavy (non-hydrogen) atoms. The van der Waals surface area contributed by atoms with E-state index in [0.717, 1.165) is 5.92 Å². The van der Waals surface area contributed by atoms with E-state index in [1.807, 2.05) is 12.1 Å². The van der Waals surface area contributed by atoms with Gasteiger partial charge < -0.3 is 4.74 Å². The second-order valence-electron chi connectivity index (χ2n) is 9.56. The zero-order valence-corrected chi connectivity index (χ0v) is 20.3. The molecule has 0 amide bonds. The standard InChI is InChI=1S/C30H40F2O/c1-3-5-7-8-9-10-11-23-12-14-24(15-13-23)25-16-18-26(19-17-25)27-20-21-28(30(32)29(27)31)33-22-6-4-2/h4,16-21,23-24H,2-3,5-15,22H2,1H3. The van der Waals surface area contributed by atoms with E-state index >= 15 is 0 Å². The molecule has 3 heteroatoms. The van der Waals surface area contributed by atoms with Gasteiger partial charge >= 0.3 is 0 Å². The van der Waals surface area contributed by atoms with Crippen LogP contribution in [0.3, 0.4) is 0 Å². The summed E-state index contributed by atoms with van der Waals surface area (Å²) in [6, 6.07) is 11.2. The number of ether oxygens (including phenoxy) is 1. The Labute approximate surface area is 199 Å². The second-order valence-corrected chi connectivity index (χ2v) is 9.56. The fourth-order valence-electron chi connectivity index (χ4n) is 5.05. The third-order valence-electron chi connectivity index (χ3n) is 7.13. The number of hydrogen-bond donors (Lipinski definition) is 0. The van der Waals surface area contributed by atoms with Crippen molar-refractivity contribution in [3.63, 3.8) is 0 Å². The van der Waals surface area contributed by atoms with Crippen molar-refractivity contribution in [2.75, 3.05) is 6.61 Å². The van der Waals surface area contributed by atoms with Gasteiger partial charge in [-0.25, -0.2) is 4.39 Å². The van der Waals surface area contributed by atoms with Crippen molar-refractivity contribution in [1.82, 2.24) is 0 Å². The predicted octanol–water partition coefficient (Wildman–Crippen LogP) is 9.61. The third-order valence-corrected chi connectivity index (χ3v) is 7.13. The zero-order chi connectivity index (χ0) is 23.5. The first kappa shape index (κ1) is 25.5. The van der Waals surface area contributed by atoms with Gasteiger partial charge in [0.2, 0.25) is 5.82 Å². The molecule has 0 unspecified atom stereocenters. The van der Waals surface area contributed by atoms with Crippen LogP contribution in [-0.4, -0.2) is 6.61 Å². The fourth-order valence-corrected chi connectivity index (χ4v) is 5.05. The van der Waals surface area contributed by atoms with Crippen molar-refractivity contribution in [2.45, 2.75) is 89.9 Å². The van der Waals surface area contributed by atoms with Gasteiger partial charge in [0.1, 0.15) is 0 Å². The lowest BCUT2D eigenvalue weighted by atomic mass is 9.77. The SMILES string of the molecule is C=CCCOc1ccc(-c2ccc(C3CCC(CCCCCCCC)CC3)cc2)c(F)c1F. The lowest BCUT2D eigenvalue weighted by Crippen LogP contribution is -2.13. The molecule has 2 aromatic carbocycles. The first-order chi connectivity index (χ1) is 16.1. The van der Waals surface area contributed by atoms with Gasteiger partial charge in [0.25, 0.3) is 0 Å². The smallest absolute Gasteiger partial charge is 0.201 e. The van der Waals surface area contributed by atoms with Crippen LogP contribution >= 0.6 is 0 Å². The van der Waals surface area contributed by atoms with Crippen LogP contribution in [-0.2, 0) is 0 Å². The summed E-state index contributed by atoms with van der Waals surface area (Å²) in [6.45, 7) is 6.16. The summed E-state index contributed by atoms with van der Waals surface area (Å²) in [5.41, 5.74) is 2.30. The maximum atomic E-state index is 14.7. The molecule has 0 aliphatic heterocycles. The summed E-state index contributed by atoms with van der Waals surface area (Å²) in [5.74, 6) is -0.358. The van der Waals surface area contributed by atoms with E-state index < -0.39 is 11.6 Å². The molecule has 1 nitrogen and oxygen atoms in total. The van der Waals surface area contributed by atoms with Gasteiger partial charge in [0.05, 0.1) is 6.61 Å². The number of hydrogen-bond acceptors (Lipinski definition) is 1. The number of benzene rings is 2. The molecule has 0 N–H and O–H groups in total. The van der Waals surface area contributed by atoms with Crippen molar-refractivity contribution in [3.8, 4) is 16.9 Å². The highest BCUT2D eigenvalue weighted by molar-refractivity contribution is 5.65. The van der Waals surface area contributed by atoms with Crippen LogP contribution < -0.4 is 4.74 Å². The maximum absolute atomic E-state index is 14.7. The normalized spacial score (nSPS) is 18.3. The zero-order valence-electron chi connectivity index (χ0n) is 20.3. The summed E-state index contributed by atoms with van der Waals surface area (Å²) < 4.78 is 34.4. The molecule has 0 heterocycles. The molecule has 1 aliphatic carbocycles. The molecule has 1 fully saturated rings. The van der Waals surface area contributed by atoms with Gasteiger partial charge in [-0.3, -0.25) is 0 Å². The van der Waals surface area contributed by atoms with E-state index in [0.29, 0.717) is 17.9 Å². The van der Waals surface area contributed by atoms with E-state index in [2.05, 4.69) is 25.6 Å². The summed E-state index contributed by atoms with van der Waals surface area (Å²) in [6.07, 6.45) is 17.0. The Morgan fingerprint density at radius 2 is 1.58 bits per heavy atom. The highest BCUT2D eigenvalue weighted by atomic mass is 19.2. The van der Waals surface area contributed by atoms with Gasteiger partial charge in [-0.2, -0.15) is 4.39 Å². The van der Waals surface area contributed by atoms with E-state index in [4.69, 9.17) is 4.74 Å². The van der Waals surface area contributed by atoms with Crippen LogP contribution in [0, 0.1) is 17.6 Å². The molecule has 0 atom stereocenters. The Balaban J connectivity index is 1.51. The molecule has 1 aliphatic rings. The predicted molar refractivity (Wildman–Crippen MR) is 135 cm³/mol. The summed E-state index contributed by atoms with van der Waals surface area (Å²) in [4.78, 5) is 0. The van der Waals surface area contributed by atoms with Gasteiger partial charge in [0, 0.05) is 5.56 Å². The van der Waals surface area contributed by atoms with E-state index in [9.17, 15) is 8.78 Å². The summed E-state index contributed by atoms with van der Waals surface area (Å²) in [5, 5.41) is 0. The highest BCUT2D eigenvalue weighted by Crippen LogP contribution is 2.39. The molecule has 0 radical (unpaired) electrons. The van der Waals surface area contributed by atoms with Crippen LogP contribution in [0.15, 0.2) is 49.1 Å². The number of rotatable bonds is 13. The van der Waals surface area contributed by atoms with Gasteiger partial charge in [0.15, 0.2) is 11.6 Å². The first-order valence-corrected chi connectivity index (χ1v) is 13.0. The van der Waals surface area contributed by atoms with E-state index in [-0.39, 0.29) is 17.9 Å². The lowest BCUT2D eigenvalue weighted by molar-refractivity contribution is 0.301. The monoisotopic (exact) mass is 454 g/mol. The molecule has 0 bridgehead atoms. The molecule has 180 valence electrons. The number of unbranched alkanes of at least 4 members (excludes halogenated alkanes) is 5.